The van der Waals surface area contributed by atoms with Gasteiger partial charge in [0.1, 0.15) is 11.8 Å². The van der Waals surface area contributed by atoms with Gasteiger partial charge in [0.05, 0.1) is 12.8 Å². The zero-order valence-electron chi connectivity index (χ0n) is 15.9. The topological polar surface area (TPSA) is 87.7 Å². The zero-order chi connectivity index (χ0) is 20.1. The number of nitrogens with zero attached hydrogens (tertiary/aromatic N) is 1. The third-order valence-corrected chi connectivity index (χ3v) is 4.59. The summed E-state index contributed by atoms with van der Waals surface area (Å²) in [7, 11) is 1.52. The molecule has 2 aromatic rings. The molecule has 2 aromatic carbocycles. The molecule has 0 spiro atoms. The number of rotatable bonds is 6. The van der Waals surface area contributed by atoms with Crippen LogP contribution in [0, 0.1) is 0 Å². The quantitative estimate of drug-likeness (QED) is 0.805. The van der Waals surface area contributed by atoms with Crippen molar-refractivity contribution in [1.29, 1.82) is 0 Å². The molecular weight excluding hydrogens is 358 g/mol. The summed E-state index contributed by atoms with van der Waals surface area (Å²) in [5.74, 6) is -0.0959. The van der Waals surface area contributed by atoms with Gasteiger partial charge in [-0.15, -0.1) is 0 Å². The maximum Gasteiger partial charge on any atom is 0.251 e. The highest BCUT2D eigenvalue weighted by Crippen LogP contribution is 2.33. The van der Waals surface area contributed by atoms with Crippen LogP contribution in [0.5, 0.6) is 5.75 Å². The predicted octanol–water partition coefficient (Wildman–Crippen LogP) is 2.58. The first-order valence-corrected chi connectivity index (χ1v) is 9.15. The number of carbonyl (C=O) groups is 3. The lowest BCUT2D eigenvalue weighted by Crippen LogP contribution is -2.41. The molecule has 3 amide bonds. The third-order valence-electron chi connectivity index (χ3n) is 4.59. The molecule has 3 rings (SSSR count). The summed E-state index contributed by atoms with van der Waals surface area (Å²) in [4.78, 5) is 38.3. The van der Waals surface area contributed by atoms with E-state index in [2.05, 4.69) is 10.6 Å². The standard InChI is InChI=1S/C21H23N3O4/c1-14(22-21(27)15-7-4-3-5-8-15)20(26)23-16-10-11-17(18(13-16)28-2)24-12-6-9-19(24)25/h3-5,7-8,10-11,13-14H,6,9,12H2,1-2H3,(H,22,27)(H,23,26)/t14-/m1/s1. The van der Waals surface area contributed by atoms with E-state index in [9.17, 15) is 14.4 Å². The highest BCUT2D eigenvalue weighted by molar-refractivity contribution is 6.01. The van der Waals surface area contributed by atoms with Gasteiger partial charge in [0.25, 0.3) is 5.91 Å². The van der Waals surface area contributed by atoms with Crippen LogP contribution >= 0.6 is 0 Å². The first-order valence-electron chi connectivity index (χ1n) is 9.15. The van der Waals surface area contributed by atoms with E-state index < -0.39 is 6.04 Å². The Morgan fingerprint density at radius 2 is 1.89 bits per heavy atom. The SMILES string of the molecule is COc1cc(NC(=O)[C@@H](C)NC(=O)c2ccccc2)ccc1N1CCCC1=O. The summed E-state index contributed by atoms with van der Waals surface area (Å²) < 4.78 is 5.40. The van der Waals surface area contributed by atoms with Crippen LogP contribution in [0.2, 0.25) is 0 Å². The molecular formula is C21H23N3O4. The van der Waals surface area contributed by atoms with Gasteiger partial charge in [-0.3, -0.25) is 14.4 Å². The molecule has 146 valence electrons. The van der Waals surface area contributed by atoms with Gasteiger partial charge in [-0.2, -0.15) is 0 Å². The number of hydrogen-bond donors (Lipinski definition) is 2. The van der Waals surface area contributed by atoms with Crippen molar-refractivity contribution in [2.24, 2.45) is 0 Å². The maximum atomic E-state index is 12.4. The molecule has 2 N–H and O–H groups in total. The van der Waals surface area contributed by atoms with Gasteiger partial charge in [0, 0.05) is 30.3 Å². The molecule has 1 heterocycles. The average Bonchev–Trinajstić information content (AvgIpc) is 3.14. The van der Waals surface area contributed by atoms with E-state index >= 15 is 0 Å². The Labute approximate surface area is 163 Å². The highest BCUT2D eigenvalue weighted by atomic mass is 16.5. The Morgan fingerprint density at radius 1 is 1.14 bits per heavy atom. The van der Waals surface area contributed by atoms with Gasteiger partial charge in [0.2, 0.25) is 11.8 Å². The van der Waals surface area contributed by atoms with Crippen molar-refractivity contribution < 1.29 is 19.1 Å². The Morgan fingerprint density at radius 3 is 2.54 bits per heavy atom. The van der Waals surface area contributed by atoms with E-state index in [0.29, 0.717) is 35.7 Å². The minimum absolute atomic E-state index is 0.0623. The second kappa shape index (κ2) is 8.56. The summed E-state index contributed by atoms with van der Waals surface area (Å²) in [6.45, 7) is 2.27. The number of methoxy groups -OCH3 is 1. The molecule has 1 aliphatic rings. The lowest BCUT2D eigenvalue weighted by Gasteiger charge is -2.20. The molecule has 0 unspecified atom stereocenters. The molecule has 0 bridgehead atoms. The summed E-state index contributed by atoms with van der Waals surface area (Å²) in [6, 6.07) is 13.1. The van der Waals surface area contributed by atoms with Crippen molar-refractivity contribution in [3.8, 4) is 5.75 Å². The molecule has 0 aliphatic carbocycles. The van der Waals surface area contributed by atoms with Gasteiger partial charge < -0.3 is 20.3 Å². The van der Waals surface area contributed by atoms with Gasteiger partial charge >= 0.3 is 0 Å². The summed E-state index contributed by atoms with van der Waals surface area (Å²) in [6.07, 6.45) is 1.35. The highest BCUT2D eigenvalue weighted by Gasteiger charge is 2.25. The van der Waals surface area contributed by atoms with Crippen molar-refractivity contribution in [2.75, 3.05) is 23.9 Å². The fourth-order valence-corrected chi connectivity index (χ4v) is 3.07. The van der Waals surface area contributed by atoms with E-state index in [4.69, 9.17) is 4.74 Å². The molecule has 1 aliphatic heterocycles. The number of amides is 3. The summed E-state index contributed by atoms with van der Waals surface area (Å²) in [5.41, 5.74) is 1.70. The Bertz CT molecular complexity index is 882. The third kappa shape index (κ3) is 4.31. The molecule has 28 heavy (non-hydrogen) atoms. The minimum atomic E-state index is -0.724. The van der Waals surface area contributed by atoms with E-state index in [0.717, 1.165) is 6.42 Å². The van der Waals surface area contributed by atoms with Crippen molar-refractivity contribution >= 4 is 29.1 Å². The van der Waals surface area contributed by atoms with Crippen LogP contribution in [0.1, 0.15) is 30.1 Å². The minimum Gasteiger partial charge on any atom is -0.494 e. The first-order chi connectivity index (χ1) is 13.5. The van der Waals surface area contributed by atoms with Crippen LogP contribution in [0.4, 0.5) is 11.4 Å². The van der Waals surface area contributed by atoms with Crippen LogP contribution in [0.15, 0.2) is 48.5 Å². The second-order valence-corrected chi connectivity index (χ2v) is 6.59. The Kier molecular flexibility index (Phi) is 5.93. The second-order valence-electron chi connectivity index (χ2n) is 6.59. The van der Waals surface area contributed by atoms with Crippen molar-refractivity contribution in [1.82, 2.24) is 5.32 Å². The van der Waals surface area contributed by atoms with Crippen molar-refractivity contribution in [3.05, 3.63) is 54.1 Å². The predicted molar refractivity (Wildman–Crippen MR) is 107 cm³/mol. The monoisotopic (exact) mass is 381 g/mol. The Hall–Kier alpha value is -3.35. The fourth-order valence-electron chi connectivity index (χ4n) is 3.07. The average molecular weight is 381 g/mol. The van der Waals surface area contributed by atoms with Gasteiger partial charge in [0.15, 0.2) is 0 Å². The largest absolute Gasteiger partial charge is 0.494 e. The lowest BCUT2D eigenvalue weighted by molar-refractivity contribution is -0.118. The van der Waals surface area contributed by atoms with E-state index in [1.165, 1.54) is 7.11 Å². The zero-order valence-corrected chi connectivity index (χ0v) is 15.9. The molecule has 7 nitrogen and oxygen atoms in total. The molecule has 7 heteroatoms. The number of ether oxygens (including phenoxy) is 1. The van der Waals surface area contributed by atoms with Crippen LogP contribution in [0.25, 0.3) is 0 Å². The lowest BCUT2D eigenvalue weighted by atomic mass is 10.2. The molecule has 0 radical (unpaired) electrons. The van der Waals surface area contributed by atoms with E-state index in [-0.39, 0.29) is 17.7 Å². The molecule has 1 saturated heterocycles. The van der Waals surface area contributed by atoms with Gasteiger partial charge in [-0.1, -0.05) is 18.2 Å². The van der Waals surface area contributed by atoms with Crippen LogP contribution in [0.3, 0.4) is 0 Å². The van der Waals surface area contributed by atoms with E-state index in [1.54, 1.807) is 54.3 Å². The normalized spacial score (nSPS) is 14.5. The van der Waals surface area contributed by atoms with Crippen molar-refractivity contribution in [2.45, 2.75) is 25.8 Å². The summed E-state index contributed by atoms with van der Waals surface area (Å²) >= 11 is 0. The summed E-state index contributed by atoms with van der Waals surface area (Å²) in [5, 5.41) is 5.44. The number of carbonyl (C=O) groups excluding carboxylic acids is 3. The number of nitrogens with one attached hydrogen (secondary N) is 2. The maximum absolute atomic E-state index is 12.4. The van der Waals surface area contributed by atoms with Crippen LogP contribution < -0.4 is 20.3 Å². The number of benzene rings is 2. The first kappa shape index (κ1) is 19.4. The number of hydrogen-bond acceptors (Lipinski definition) is 4. The van der Waals surface area contributed by atoms with E-state index in [1.807, 2.05) is 6.07 Å². The van der Waals surface area contributed by atoms with Gasteiger partial charge in [-0.05, 0) is 37.6 Å². The molecule has 1 atom stereocenters. The molecule has 0 aromatic heterocycles. The molecule has 0 saturated carbocycles. The van der Waals surface area contributed by atoms with Crippen LogP contribution in [-0.2, 0) is 9.59 Å². The van der Waals surface area contributed by atoms with Crippen molar-refractivity contribution in [3.63, 3.8) is 0 Å². The van der Waals surface area contributed by atoms with Gasteiger partial charge in [-0.25, -0.2) is 0 Å². The smallest absolute Gasteiger partial charge is 0.251 e. The molecule has 1 fully saturated rings. The van der Waals surface area contributed by atoms with Crippen LogP contribution in [-0.4, -0.2) is 37.4 Å². The number of anilines is 2. The fraction of sp³-hybridized carbons (Fsp3) is 0.286. The Balaban J connectivity index is 1.66.